The monoisotopic (exact) mass is 597 g/mol. The van der Waals surface area contributed by atoms with Gasteiger partial charge in [0.25, 0.3) is 17.7 Å². The molecular formula is C29H25Cl2N3O7. The number of halogens is 2. The van der Waals surface area contributed by atoms with Gasteiger partial charge in [0.15, 0.2) is 23.9 Å². The van der Waals surface area contributed by atoms with Crippen LogP contribution in [0.25, 0.3) is 6.08 Å². The van der Waals surface area contributed by atoms with E-state index >= 15 is 0 Å². The molecule has 0 saturated carbocycles. The van der Waals surface area contributed by atoms with Gasteiger partial charge in [-0.1, -0.05) is 48.3 Å². The molecule has 2 N–H and O–H groups in total. The zero-order valence-electron chi connectivity index (χ0n) is 22.0. The van der Waals surface area contributed by atoms with Crippen molar-refractivity contribution < 1.29 is 33.4 Å². The number of anilines is 2. The Morgan fingerprint density at radius 2 is 1.68 bits per heavy atom. The van der Waals surface area contributed by atoms with Crippen molar-refractivity contribution in [2.24, 2.45) is 0 Å². The Hall–Kier alpha value is -4.54. The van der Waals surface area contributed by atoms with E-state index in [-0.39, 0.29) is 39.2 Å². The average Bonchev–Trinajstić information content (AvgIpc) is 2.94. The van der Waals surface area contributed by atoms with Crippen LogP contribution in [0, 0.1) is 0 Å². The highest BCUT2D eigenvalue weighted by atomic mass is 35.5. The first-order valence-electron chi connectivity index (χ1n) is 12.4. The minimum atomic E-state index is -0.921. The first-order chi connectivity index (χ1) is 19.7. The number of amides is 5. The van der Waals surface area contributed by atoms with Crippen LogP contribution in [0.2, 0.25) is 10.0 Å². The van der Waals surface area contributed by atoms with Crippen molar-refractivity contribution in [1.29, 1.82) is 0 Å². The lowest BCUT2D eigenvalue weighted by Gasteiger charge is -2.27. The smallest absolute Gasteiger partial charge is 0.335 e. The molecule has 0 aliphatic carbocycles. The van der Waals surface area contributed by atoms with Crippen LogP contribution in [-0.2, 0) is 14.4 Å². The number of hydrogen-bond acceptors (Lipinski definition) is 7. The molecule has 5 amide bonds. The van der Waals surface area contributed by atoms with Crippen molar-refractivity contribution in [2.45, 2.75) is 13.3 Å². The zero-order valence-corrected chi connectivity index (χ0v) is 23.5. The Morgan fingerprint density at radius 1 is 0.976 bits per heavy atom. The van der Waals surface area contributed by atoms with Crippen molar-refractivity contribution in [3.63, 3.8) is 0 Å². The molecular weight excluding hydrogens is 573 g/mol. The predicted molar refractivity (Wildman–Crippen MR) is 155 cm³/mol. The number of ether oxygens (including phenoxy) is 3. The van der Waals surface area contributed by atoms with Crippen LogP contribution >= 0.6 is 23.2 Å². The number of nitrogens with zero attached hydrogens (tertiary/aromatic N) is 1. The van der Waals surface area contributed by atoms with Gasteiger partial charge in [-0.25, -0.2) is 9.69 Å². The third kappa shape index (κ3) is 6.97. The molecule has 0 atom stereocenters. The Labute approximate surface area is 245 Å². The van der Waals surface area contributed by atoms with E-state index in [1.54, 1.807) is 30.3 Å². The molecule has 10 nitrogen and oxygen atoms in total. The number of nitrogens with one attached hydrogen (secondary N) is 2. The van der Waals surface area contributed by atoms with Crippen molar-refractivity contribution in [2.75, 3.05) is 30.5 Å². The summed E-state index contributed by atoms with van der Waals surface area (Å²) in [5, 5.41) is 4.92. The molecule has 212 valence electrons. The molecule has 12 heteroatoms. The fraction of sp³-hybridized carbons (Fsp3) is 0.172. The lowest BCUT2D eigenvalue weighted by Crippen LogP contribution is -2.54. The third-order valence-electron chi connectivity index (χ3n) is 5.71. The lowest BCUT2D eigenvalue weighted by atomic mass is 10.1. The van der Waals surface area contributed by atoms with E-state index in [1.165, 1.54) is 37.5 Å². The molecule has 4 rings (SSSR count). The average molecular weight is 598 g/mol. The van der Waals surface area contributed by atoms with Crippen LogP contribution in [0.4, 0.5) is 16.2 Å². The molecule has 41 heavy (non-hydrogen) atoms. The maximum absolute atomic E-state index is 13.3. The van der Waals surface area contributed by atoms with Crippen LogP contribution in [0.5, 0.6) is 17.2 Å². The lowest BCUT2D eigenvalue weighted by molar-refractivity contribution is -0.122. The normalized spacial score (nSPS) is 14.1. The number of benzene rings is 3. The van der Waals surface area contributed by atoms with Gasteiger partial charge in [-0.3, -0.25) is 19.7 Å². The summed E-state index contributed by atoms with van der Waals surface area (Å²) in [4.78, 5) is 51.7. The first kappa shape index (κ1) is 29.4. The van der Waals surface area contributed by atoms with E-state index in [9.17, 15) is 19.2 Å². The summed E-state index contributed by atoms with van der Waals surface area (Å²) in [6.45, 7) is 2.05. The second-order valence-corrected chi connectivity index (χ2v) is 9.47. The van der Waals surface area contributed by atoms with Gasteiger partial charge in [0.2, 0.25) is 0 Å². The Morgan fingerprint density at radius 3 is 2.34 bits per heavy atom. The summed E-state index contributed by atoms with van der Waals surface area (Å²) in [6, 6.07) is 15.3. The third-order valence-corrected chi connectivity index (χ3v) is 6.27. The molecule has 1 aliphatic heterocycles. The minimum absolute atomic E-state index is 0.0425. The quantitative estimate of drug-likeness (QED) is 0.234. The van der Waals surface area contributed by atoms with Gasteiger partial charge < -0.3 is 19.5 Å². The van der Waals surface area contributed by atoms with E-state index in [0.717, 1.165) is 11.3 Å². The number of rotatable bonds is 10. The number of carbonyl (C=O) groups excluding carboxylic acids is 4. The van der Waals surface area contributed by atoms with Gasteiger partial charge in [-0.2, -0.15) is 0 Å². The molecule has 0 bridgehead atoms. The predicted octanol–water partition coefficient (Wildman–Crippen LogP) is 5.47. The van der Waals surface area contributed by atoms with Crippen molar-refractivity contribution >= 4 is 64.4 Å². The molecule has 0 aromatic heterocycles. The second-order valence-electron chi connectivity index (χ2n) is 8.66. The summed E-state index contributed by atoms with van der Waals surface area (Å²) in [6.07, 6.45) is 2.02. The second kappa shape index (κ2) is 13.2. The van der Waals surface area contributed by atoms with Crippen molar-refractivity contribution in [3.05, 3.63) is 81.8 Å². The summed E-state index contributed by atoms with van der Waals surface area (Å²) in [5.74, 6) is -1.38. The molecule has 1 saturated heterocycles. The van der Waals surface area contributed by atoms with Crippen molar-refractivity contribution in [1.82, 2.24) is 5.32 Å². The number of imide groups is 2. The van der Waals surface area contributed by atoms with Gasteiger partial charge >= 0.3 is 6.03 Å². The maximum Gasteiger partial charge on any atom is 0.335 e. The standard InChI is InChI=1S/C29H25Cl2N3O7/c1-3-11-40-23-10-9-19(15-24(23)39-2)34-28(37)20(27(36)33-29(34)38)12-17-13-21(30)26(22(31)14-17)41-16-25(35)32-18-7-5-4-6-8-18/h4-10,12-15H,3,11,16H2,1-2H3,(H,32,35)(H,33,36,38)/b20-12-. The van der Waals surface area contributed by atoms with Crippen LogP contribution in [0.15, 0.2) is 66.2 Å². The molecule has 0 unspecified atom stereocenters. The van der Waals surface area contributed by atoms with E-state index in [4.69, 9.17) is 37.4 Å². The van der Waals surface area contributed by atoms with E-state index in [1.807, 2.05) is 13.0 Å². The van der Waals surface area contributed by atoms with Gasteiger partial charge in [-0.15, -0.1) is 0 Å². The highest BCUT2D eigenvalue weighted by molar-refractivity contribution is 6.40. The number of barbiturate groups is 1. The molecule has 1 aliphatic rings. The molecule has 1 fully saturated rings. The Balaban J connectivity index is 1.54. The fourth-order valence-corrected chi connectivity index (χ4v) is 4.46. The topological polar surface area (TPSA) is 123 Å². The number of hydrogen-bond donors (Lipinski definition) is 2. The highest BCUT2D eigenvalue weighted by Crippen LogP contribution is 2.36. The fourth-order valence-electron chi connectivity index (χ4n) is 3.84. The van der Waals surface area contributed by atoms with Crippen LogP contribution < -0.4 is 29.7 Å². The Kier molecular flexibility index (Phi) is 9.49. The zero-order chi connectivity index (χ0) is 29.5. The summed E-state index contributed by atoms with van der Waals surface area (Å²) in [5.41, 5.74) is 0.718. The molecule has 0 spiro atoms. The molecule has 3 aromatic carbocycles. The van der Waals surface area contributed by atoms with Gasteiger partial charge in [0, 0.05) is 11.8 Å². The maximum atomic E-state index is 13.3. The molecule has 3 aromatic rings. The largest absolute Gasteiger partial charge is 0.493 e. The first-order valence-corrected chi connectivity index (χ1v) is 13.2. The van der Waals surface area contributed by atoms with Crippen LogP contribution in [-0.4, -0.2) is 44.1 Å². The van der Waals surface area contributed by atoms with E-state index in [0.29, 0.717) is 23.8 Å². The van der Waals surface area contributed by atoms with Gasteiger partial charge in [0.05, 0.1) is 29.4 Å². The number of para-hydroxylation sites is 1. The van der Waals surface area contributed by atoms with E-state index in [2.05, 4.69) is 10.6 Å². The molecule has 0 radical (unpaired) electrons. The Bertz CT molecular complexity index is 1500. The van der Waals surface area contributed by atoms with Gasteiger partial charge in [0.1, 0.15) is 5.57 Å². The summed E-state index contributed by atoms with van der Waals surface area (Å²) in [7, 11) is 1.43. The minimum Gasteiger partial charge on any atom is -0.493 e. The SMILES string of the molecule is CCCOc1ccc(N2C(=O)NC(=O)/C(=C/c3cc(Cl)c(OCC(=O)Nc4ccccc4)c(Cl)c3)C2=O)cc1OC. The van der Waals surface area contributed by atoms with Crippen LogP contribution in [0.3, 0.4) is 0 Å². The van der Waals surface area contributed by atoms with Crippen LogP contribution in [0.1, 0.15) is 18.9 Å². The van der Waals surface area contributed by atoms with Crippen molar-refractivity contribution in [3.8, 4) is 17.2 Å². The number of carbonyl (C=O) groups is 4. The number of urea groups is 1. The highest BCUT2D eigenvalue weighted by Gasteiger charge is 2.37. The van der Waals surface area contributed by atoms with Gasteiger partial charge in [-0.05, 0) is 54.5 Å². The van der Waals surface area contributed by atoms with E-state index < -0.39 is 23.8 Å². The number of methoxy groups -OCH3 is 1. The molecule has 1 heterocycles. The summed E-state index contributed by atoms with van der Waals surface area (Å²) < 4.78 is 16.5. The summed E-state index contributed by atoms with van der Waals surface area (Å²) >= 11 is 12.7.